The lowest BCUT2D eigenvalue weighted by molar-refractivity contribution is 0.661. The van der Waals surface area contributed by atoms with Crippen molar-refractivity contribution in [1.82, 2.24) is 0 Å². The molecule has 0 bridgehead atoms. The fourth-order valence-corrected chi connectivity index (χ4v) is 8.80. The van der Waals surface area contributed by atoms with E-state index in [1.165, 1.54) is 87.6 Å². The lowest BCUT2D eigenvalue weighted by Crippen LogP contribution is -2.15. The van der Waals surface area contributed by atoms with E-state index in [2.05, 4.69) is 153 Å². The molecule has 1 aliphatic carbocycles. The lowest BCUT2D eigenvalue weighted by atomic mass is 9.79. The van der Waals surface area contributed by atoms with Gasteiger partial charge in [-0.25, -0.2) is 0 Å². The molecule has 0 aliphatic heterocycles. The van der Waals surface area contributed by atoms with Gasteiger partial charge in [0.2, 0.25) is 0 Å². The third-order valence-corrected chi connectivity index (χ3v) is 11.2. The minimum Gasteiger partial charge on any atom is -0.456 e. The van der Waals surface area contributed by atoms with Crippen molar-refractivity contribution in [3.05, 3.63) is 157 Å². The van der Waals surface area contributed by atoms with Gasteiger partial charge in [-0.05, 0) is 130 Å². The molecule has 0 N–H and O–H groups in total. The normalized spacial score (nSPS) is 13.8. The van der Waals surface area contributed by atoms with Gasteiger partial charge in [-0.3, -0.25) is 0 Å². The van der Waals surface area contributed by atoms with E-state index in [1.54, 1.807) is 0 Å². The van der Waals surface area contributed by atoms with Gasteiger partial charge in [0.1, 0.15) is 11.2 Å². The Morgan fingerprint density at radius 1 is 0.396 bits per heavy atom. The van der Waals surface area contributed by atoms with Crippen LogP contribution < -0.4 is 0 Å². The Morgan fingerprint density at radius 3 is 1.92 bits per heavy atom. The Labute approximate surface area is 278 Å². The largest absolute Gasteiger partial charge is 0.456 e. The molecule has 1 heterocycles. The second-order valence-electron chi connectivity index (χ2n) is 14.1. The number of furan rings is 1. The molecule has 1 nitrogen and oxygen atoms in total. The van der Waals surface area contributed by atoms with Crippen molar-refractivity contribution >= 4 is 65.0 Å². The molecule has 0 saturated carbocycles. The Kier molecular flexibility index (Phi) is 4.97. The second kappa shape index (κ2) is 9.12. The first-order valence-electron chi connectivity index (χ1n) is 16.8. The Balaban J connectivity index is 1.24. The fourth-order valence-electron chi connectivity index (χ4n) is 8.80. The van der Waals surface area contributed by atoms with Gasteiger partial charge in [0.15, 0.2) is 0 Å². The van der Waals surface area contributed by atoms with Gasteiger partial charge >= 0.3 is 0 Å². The maximum absolute atomic E-state index is 6.44. The molecule has 9 aromatic carbocycles. The molecule has 0 amide bonds. The van der Waals surface area contributed by atoms with Crippen LogP contribution in [0.5, 0.6) is 0 Å². The van der Waals surface area contributed by atoms with Crippen LogP contribution in [0.15, 0.2) is 150 Å². The predicted octanol–water partition coefficient (Wildman–Crippen LogP) is 13.3. The van der Waals surface area contributed by atoms with E-state index in [1.807, 2.05) is 6.07 Å². The minimum atomic E-state index is -0.174. The molecule has 1 aromatic heterocycles. The van der Waals surface area contributed by atoms with Crippen molar-refractivity contribution in [1.29, 1.82) is 0 Å². The molecule has 0 fully saturated rings. The van der Waals surface area contributed by atoms with Crippen molar-refractivity contribution < 1.29 is 4.42 Å². The first kappa shape index (κ1) is 26.2. The Bertz CT molecular complexity index is 2960. The number of rotatable bonds is 2. The van der Waals surface area contributed by atoms with Crippen LogP contribution in [0, 0.1) is 0 Å². The maximum atomic E-state index is 6.44. The topological polar surface area (TPSA) is 13.1 Å². The molecule has 11 rings (SSSR count). The summed E-state index contributed by atoms with van der Waals surface area (Å²) in [6.45, 7) is 4.79. The summed E-state index contributed by atoms with van der Waals surface area (Å²) >= 11 is 0. The summed E-state index contributed by atoms with van der Waals surface area (Å²) in [6.07, 6.45) is 0. The zero-order valence-corrected chi connectivity index (χ0v) is 26.8. The van der Waals surface area contributed by atoms with Crippen molar-refractivity contribution in [3.8, 4) is 33.4 Å². The summed E-state index contributed by atoms with van der Waals surface area (Å²) in [4.78, 5) is 0. The van der Waals surface area contributed by atoms with E-state index in [-0.39, 0.29) is 5.41 Å². The van der Waals surface area contributed by atoms with Gasteiger partial charge < -0.3 is 4.42 Å². The van der Waals surface area contributed by atoms with Gasteiger partial charge in [0.25, 0.3) is 0 Å². The number of hydrogen-bond donors (Lipinski definition) is 0. The van der Waals surface area contributed by atoms with Crippen LogP contribution in [0.4, 0.5) is 0 Å². The van der Waals surface area contributed by atoms with Crippen LogP contribution in [0.1, 0.15) is 25.0 Å². The molecule has 0 spiro atoms. The molecule has 224 valence electrons. The summed E-state index contributed by atoms with van der Waals surface area (Å²) in [5, 5.41) is 12.7. The summed E-state index contributed by atoms with van der Waals surface area (Å²) in [7, 11) is 0. The van der Waals surface area contributed by atoms with Crippen molar-refractivity contribution in [3.63, 3.8) is 0 Å². The Hall–Kier alpha value is -5.92. The highest BCUT2D eigenvalue weighted by Gasteiger charge is 2.38. The SMILES string of the molecule is CC1(C)c2cc3ccccc3cc2-c2c(-c3ccc4c(c3)oc3ccccc34)cc(-c3ccc4ccc5cccc6ccc3c4c56)cc21. The van der Waals surface area contributed by atoms with E-state index in [9.17, 15) is 0 Å². The van der Waals surface area contributed by atoms with Gasteiger partial charge in [-0.1, -0.05) is 117 Å². The molecule has 1 heteroatoms. The standard InChI is InChI=1S/C47H30O/c1-47(2)40-24-31-9-4-3-8-30(31)22-39(40)46-38(32-18-20-36-35-12-5-6-13-42(35)48-43(36)26-32)23-33(25-41(46)47)34-19-16-29-15-14-27-10-7-11-28-17-21-37(34)45(29)44(27)28/h3-26H,1-2H3. The smallest absolute Gasteiger partial charge is 0.136 e. The second-order valence-corrected chi connectivity index (χ2v) is 14.1. The number of fused-ring (bicyclic) bond motifs is 7. The van der Waals surface area contributed by atoms with Crippen LogP contribution in [0.25, 0.3) is 98.4 Å². The van der Waals surface area contributed by atoms with Gasteiger partial charge in [0, 0.05) is 16.2 Å². The zero-order valence-electron chi connectivity index (χ0n) is 26.8. The number of hydrogen-bond acceptors (Lipinski definition) is 1. The highest BCUT2D eigenvalue weighted by molar-refractivity contribution is 6.25. The van der Waals surface area contributed by atoms with Crippen LogP contribution >= 0.6 is 0 Å². The van der Waals surface area contributed by atoms with Gasteiger partial charge in [0.05, 0.1) is 0 Å². The molecule has 0 saturated heterocycles. The van der Waals surface area contributed by atoms with Gasteiger partial charge in [-0.15, -0.1) is 0 Å². The fraction of sp³-hybridized carbons (Fsp3) is 0.0638. The molecule has 0 radical (unpaired) electrons. The van der Waals surface area contributed by atoms with Crippen molar-refractivity contribution in [2.24, 2.45) is 0 Å². The minimum absolute atomic E-state index is 0.174. The van der Waals surface area contributed by atoms with E-state index in [0.717, 1.165) is 21.9 Å². The Morgan fingerprint density at radius 2 is 1.06 bits per heavy atom. The zero-order chi connectivity index (χ0) is 31.7. The van der Waals surface area contributed by atoms with E-state index in [0.29, 0.717) is 0 Å². The van der Waals surface area contributed by atoms with Crippen molar-refractivity contribution in [2.75, 3.05) is 0 Å². The van der Waals surface area contributed by atoms with Crippen LogP contribution in [0.3, 0.4) is 0 Å². The van der Waals surface area contributed by atoms with Gasteiger partial charge in [-0.2, -0.15) is 0 Å². The van der Waals surface area contributed by atoms with E-state index >= 15 is 0 Å². The summed E-state index contributed by atoms with van der Waals surface area (Å²) in [5.74, 6) is 0. The average molecular weight is 611 g/mol. The predicted molar refractivity (Wildman–Crippen MR) is 203 cm³/mol. The molecular weight excluding hydrogens is 581 g/mol. The molecular formula is C47H30O. The highest BCUT2D eigenvalue weighted by Crippen LogP contribution is 2.55. The first-order chi connectivity index (χ1) is 23.5. The third-order valence-electron chi connectivity index (χ3n) is 11.2. The summed E-state index contributed by atoms with van der Waals surface area (Å²) < 4.78 is 6.44. The average Bonchev–Trinajstić information content (AvgIpc) is 3.60. The number of benzene rings is 9. The van der Waals surface area contributed by atoms with Crippen LogP contribution in [0.2, 0.25) is 0 Å². The van der Waals surface area contributed by atoms with Crippen LogP contribution in [-0.2, 0) is 5.41 Å². The highest BCUT2D eigenvalue weighted by atomic mass is 16.3. The first-order valence-corrected chi connectivity index (χ1v) is 16.8. The van der Waals surface area contributed by atoms with E-state index < -0.39 is 0 Å². The third kappa shape index (κ3) is 3.40. The quantitative estimate of drug-likeness (QED) is 0.178. The lowest BCUT2D eigenvalue weighted by Gasteiger charge is -2.23. The van der Waals surface area contributed by atoms with Crippen molar-refractivity contribution in [2.45, 2.75) is 19.3 Å². The molecule has 10 aromatic rings. The monoisotopic (exact) mass is 610 g/mol. The summed E-state index contributed by atoms with van der Waals surface area (Å²) in [6, 6.07) is 54.1. The molecule has 48 heavy (non-hydrogen) atoms. The molecule has 1 aliphatic rings. The molecule has 0 atom stereocenters. The van der Waals surface area contributed by atoms with E-state index in [4.69, 9.17) is 4.42 Å². The number of para-hydroxylation sites is 1. The van der Waals surface area contributed by atoms with Crippen LogP contribution in [-0.4, -0.2) is 0 Å². The molecule has 0 unspecified atom stereocenters. The maximum Gasteiger partial charge on any atom is 0.136 e. The summed E-state index contributed by atoms with van der Waals surface area (Å²) in [5.41, 5.74) is 12.0.